The van der Waals surface area contributed by atoms with Crippen molar-refractivity contribution in [2.45, 2.75) is 39.8 Å². The van der Waals surface area contributed by atoms with Gasteiger partial charge in [0.25, 0.3) is 0 Å². The summed E-state index contributed by atoms with van der Waals surface area (Å²) in [5.74, 6) is 0.897. The van der Waals surface area contributed by atoms with E-state index in [9.17, 15) is 0 Å². The smallest absolute Gasteiger partial charge is 0.107 e. The molecule has 0 saturated carbocycles. The fourth-order valence-electron chi connectivity index (χ4n) is 2.16. The summed E-state index contributed by atoms with van der Waals surface area (Å²) in [6.07, 6.45) is 2.65. The van der Waals surface area contributed by atoms with E-state index in [0.29, 0.717) is 6.54 Å². The number of likely N-dealkylation sites (tertiary alicyclic amines) is 1. The molecular formula is C12H21N3S. The molecule has 2 N–H and O–H groups in total. The normalized spacial score (nSPS) is 19.2. The van der Waals surface area contributed by atoms with Crippen molar-refractivity contribution in [1.29, 1.82) is 0 Å². The molecule has 0 spiro atoms. The molecule has 1 saturated heterocycles. The molecule has 2 rings (SSSR count). The summed E-state index contributed by atoms with van der Waals surface area (Å²) in [5, 5.41) is 1.23. The van der Waals surface area contributed by atoms with Crippen molar-refractivity contribution in [1.82, 2.24) is 9.88 Å². The van der Waals surface area contributed by atoms with E-state index in [4.69, 9.17) is 5.73 Å². The predicted octanol–water partition coefficient (Wildman–Crippen LogP) is 2.14. The van der Waals surface area contributed by atoms with Crippen LogP contribution in [0.25, 0.3) is 0 Å². The highest BCUT2D eigenvalue weighted by Crippen LogP contribution is 2.22. The van der Waals surface area contributed by atoms with Crippen molar-refractivity contribution < 1.29 is 0 Å². The van der Waals surface area contributed by atoms with Gasteiger partial charge in [-0.2, -0.15) is 0 Å². The molecule has 1 aliphatic heterocycles. The second kappa shape index (κ2) is 5.25. The third kappa shape index (κ3) is 2.81. The van der Waals surface area contributed by atoms with Crippen molar-refractivity contribution in [3.05, 3.63) is 15.6 Å². The van der Waals surface area contributed by atoms with Gasteiger partial charge in [0, 0.05) is 11.4 Å². The van der Waals surface area contributed by atoms with Gasteiger partial charge in [0.15, 0.2) is 0 Å². The lowest BCUT2D eigenvalue weighted by Crippen LogP contribution is -2.32. The molecule has 1 aromatic rings. The van der Waals surface area contributed by atoms with Crippen LogP contribution in [0.3, 0.4) is 0 Å². The molecular weight excluding hydrogens is 218 g/mol. The molecule has 16 heavy (non-hydrogen) atoms. The molecule has 0 radical (unpaired) electrons. The lowest BCUT2D eigenvalue weighted by atomic mass is 9.99. The van der Waals surface area contributed by atoms with Gasteiger partial charge in [-0.15, -0.1) is 11.3 Å². The maximum atomic E-state index is 5.67. The second-order valence-corrected chi connectivity index (χ2v) is 5.95. The number of hydrogen-bond acceptors (Lipinski definition) is 4. The summed E-state index contributed by atoms with van der Waals surface area (Å²) >= 11 is 1.78. The first-order chi connectivity index (χ1) is 7.69. The van der Waals surface area contributed by atoms with Crippen LogP contribution >= 0.6 is 11.3 Å². The maximum absolute atomic E-state index is 5.67. The van der Waals surface area contributed by atoms with Crippen molar-refractivity contribution in [2.75, 3.05) is 13.1 Å². The third-order valence-electron chi connectivity index (χ3n) is 3.36. The summed E-state index contributed by atoms with van der Waals surface area (Å²) in [6.45, 7) is 8.48. The van der Waals surface area contributed by atoms with E-state index in [1.54, 1.807) is 11.3 Å². The monoisotopic (exact) mass is 239 g/mol. The van der Waals surface area contributed by atoms with Gasteiger partial charge in [-0.1, -0.05) is 6.92 Å². The third-order valence-corrected chi connectivity index (χ3v) is 4.52. The summed E-state index contributed by atoms with van der Waals surface area (Å²) < 4.78 is 0. The summed E-state index contributed by atoms with van der Waals surface area (Å²) in [7, 11) is 0. The first-order valence-corrected chi connectivity index (χ1v) is 6.88. The molecule has 0 aliphatic carbocycles. The number of nitrogens with two attached hydrogens (primary N) is 1. The Morgan fingerprint density at radius 3 is 2.69 bits per heavy atom. The first-order valence-electron chi connectivity index (χ1n) is 6.06. The molecule has 0 unspecified atom stereocenters. The van der Waals surface area contributed by atoms with Crippen LogP contribution in [-0.2, 0) is 13.1 Å². The van der Waals surface area contributed by atoms with E-state index in [1.165, 1.54) is 35.8 Å². The van der Waals surface area contributed by atoms with E-state index in [1.807, 2.05) is 0 Å². The van der Waals surface area contributed by atoms with Crippen molar-refractivity contribution in [3.63, 3.8) is 0 Å². The molecule has 0 aromatic carbocycles. The Balaban J connectivity index is 1.93. The SMILES string of the molecule is Cc1nc(CN2CCC(C)CC2)sc1CN. The molecule has 4 heteroatoms. The lowest BCUT2D eigenvalue weighted by molar-refractivity contribution is 0.185. The molecule has 90 valence electrons. The summed E-state index contributed by atoms with van der Waals surface area (Å²) in [6, 6.07) is 0. The fourth-order valence-corrected chi connectivity index (χ4v) is 3.15. The van der Waals surface area contributed by atoms with Gasteiger partial charge >= 0.3 is 0 Å². The molecule has 0 bridgehead atoms. The van der Waals surface area contributed by atoms with E-state index >= 15 is 0 Å². The number of hydrogen-bond donors (Lipinski definition) is 1. The van der Waals surface area contributed by atoms with Crippen molar-refractivity contribution >= 4 is 11.3 Å². The minimum absolute atomic E-state index is 0.626. The Labute approximate surface area is 102 Å². The van der Waals surface area contributed by atoms with Crippen molar-refractivity contribution in [3.8, 4) is 0 Å². The maximum Gasteiger partial charge on any atom is 0.107 e. The molecule has 2 heterocycles. The first kappa shape index (κ1) is 12.0. The zero-order valence-electron chi connectivity index (χ0n) is 10.2. The highest BCUT2D eigenvalue weighted by molar-refractivity contribution is 7.11. The fraction of sp³-hybridized carbons (Fsp3) is 0.750. The van der Waals surface area contributed by atoms with Gasteiger partial charge in [0.1, 0.15) is 5.01 Å². The van der Waals surface area contributed by atoms with Gasteiger partial charge in [-0.05, 0) is 38.8 Å². The zero-order valence-corrected chi connectivity index (χ0v) is 11.0. The van der Waals surface area contributed by atoms with Gasteiger partial charge in [0.05, 0.1) is 12.2 Å². The molecule has 3 nitrogen and oxygen atoms in total. The average molecular weight is 239 g/mol. The van der Waals surface area contributed by atoms with Crippen LogP contribution in [0, 0.1) is 12.8 Å². The zero-order chi connectivity index (χ0) is 11.5. The molecule has 1 aromatic heterocycles. The lowest BCUT2D eigenvalue weighted by Gasteiger charge is -2.29. The topological polar surface area (TPSA) is 42.2 Å². The number of aryl methyl sites for hydroxylation is 1. The minimum atomic E-state index is 0.626. The Morgan fingerprint density at radius 1 is 1.44 bits per heavy atom. The van der Waals surface area contributed by atoms with Crippen LogP contribution in [0.15, 0.2) is 0 Å². The Morgan fingerprint density at radius 2 is 2.12 bits per heavy atom. The summed E-state index contributed by atoms with van der Waals surface area (Å²) in [5.41, 5.74) is 6.79. The number of piperidine rings is 1. The van der Waals surface area contributed by atoms with Crippen LogP contribution in [0.4, 0.5) is 0 Å². The Bertz CT molecular complexity index is 340. The Kier molecular flexibility index (Phi) is 3.95. The van der Waals surface area contributed by atoms with Crippen LogP contribution in [0.1, 0.15) is 35.3 Å². The number of rotatable bonds is 3. The highest BCUT2D eigenvalue weighted by atomic mass is 32.1. The average Bonchev–Trinajstić information content (AvgIpc) is 2.62. The predicted molar refractivity (Wildman–Crippen MR) is 68.4 cm³/mol. The van der Waals surface area contributed by atoms with E-state index in [2.05, 4.69) is 23.7 Å². The Hall–Kier alpha value is -0.450. The van der Waals surface area contributed by atoms with Crippen LogP contribution in [-0.4, -0.2) is 23.0 Å². The largest absolute Gasteiger partial charge is 0.326 e. The minimum Gasteiger partial charge on any atom is -0.326 e. The quantitative estimate of drug-likeness (QED) is 0.878. The molecule has 1 fully saturated rings. The number of aromatic nitrogens is 1. The van der Waals surface area contributed by atoms with E-state index < -0.39 is 0 Å². The van der Waals surface area contributed by atoms with E-state index in [-0.39, 0.29) is 0 Å². The number of thiazole rings is 1. The molecule has 1 aliphatic rings. The van der Waals surface area contributed by atoms with Crippen LogP contribution < -0.4 is 5.73 Å². The van der Waals surface area contributed by atoms with Gasteiger partial charge in [-0.25, -0.2) is 4.98 Å². The van der Waals surface area contributed by atoms with Gasteiger partial charge in [0.2, 0.25) is 0 Å². The molecule has 0 amide bonds. The number of nitrogens with zero attached hydrogens (tertiary/aromatic N) is 2. The molecule has 0 atom stereocenters. The van der Waals surface area contributed by atoms with Crippen LogP contribution in [0.2, 0.25) is 0 Å². The van der Waals surface area contributed by atoms with Gasteiger partial charge in [-0.3, -0.25) is 4.90 Å². The van der Waals surface area contributed by atoms with Gasteiger partial charge < -0.3 is 5.73 Å². The second-order valence-electron chi connectivity index (χ2n) is 4.78. The highest BCUT2D eigenvalue weighted by Gasteiger charge is 2.17. The standard InChI is InChI=1S/C12H21N3S/c1-9-3-5-15(6-4-9)8-12-14-10(2)11(7-13)16-12/h9H,3-8,13H2,1-2H3. The van der Waals surface area contributed by atoms with Crippen LogP contribution in [0.5, 0.6) is 0 Å². The van der Waals surface area contributed by atoms with Crippen molar-refractivity contribution in [2.24, 2.45) is 11.7 Å². The summed E-state index contributed by atoms with van der Waals surface area (Å²) in [4.78, 5) is 8.34. The van der Waals surface area contributed by atoms with E-state index in [0.717, 1.165) is 18.2 Å².